The summed E-state index contributed by atoms with van der Waals surface area (Å²) in [6.07, 6.45) is 1.46. The molecule has 24 heavy (non-hydrogen) atoms. The maximum Gasteiger partial charge on any atom is 0.261 e. The van der Waals surface area contributed by atoms with Crippen molar-refractivity contribution in [1.82, 2.24) is 0 Å². The fraction of sp³-hybridized carbons (Fsp3) is 0.250. The van der Waals surface area contributed by atoms with Crippen LogP contribution in [0, 0.1) is 0 Å². The number of halogens is 3. The molecular formula is C16H17BrCl2O4S. The molecule has 4 nitrogen and oxygen atoms in total. The van der Waals surface area contributed by atoms with Gasteiger partial charge < -0.3 is 5.11 Å². The first-order chi connectivity index (χ1) is 11.1. The van der Waals surface area contributed by atoms with Gasteiger partial charge in [0.15, 0.2) is 0 Å². The van der Waals surface area contributed by atoms with Crippen LogP contribution >= 0.6 is 39.1 Å². The molecule has 0 aromatic heterocycles. The first kappa shape index (κ1) is 21.4. The minimum absolute atomic E-state index is 0.0223. The Hall–Kier alpha value is -0.630. The van der Waals surface area contributed by atoms with E-state index in [0.717, 1.165) is 22.0 Å². The average molecular weight is 456 g/mol. The number of benzene rings is 2. The summed E-state index contributed by atoms with van der Waals surface area (Å²) in [4.78, 5) is 0. The van der Waals surface area contributed by atoms with Crippen LogP contribution in [0.15, 0.2) is 46.9 Å². The van der Waals surface area contributed by atoms with Gasteiger partial charge in [-0.2, -0.15) is 8.42 Å². The largest absolute Gasteiger partial charge is 0.396 e. The molecule has 2 aromatic rings. The van der Waals surface area contributed by atoms with E-state index in [9.17, 15) is 13.5 Å². The molecule has 0 radical (unpaired) electrons. The highest BCUT2D eigenvalue weighted by Crippen LogP contribution is 2.30. The third-order valence-corrected chi connectivity index (χ3v) is 4.11. The first-order valence-corrected chi connectivity index (χ1v) is 10.2. The lowest BCUT2D eigenvalue weighted by atomic mass is 9.93. The van der Waals surface area contributed by atoms with Gasteiger partial charge in [0.25, 0.3) is 10.1 Å². The Morgan fingerprint density at radius 3 is 2.12 bits per heavy atom. The molecule has 0 aliphatic carbocycles. The highest BCUT2D eigenvalue weighted by atomic mass is 79.9. The standard InChI is InChI=1S/C15H13BrCl2O.CH4O3S/c16-12-3-1-10(2-4-12)7-11(9-19)14-6-5-13(17)8-15(14)18;1-5(2,3)4/h1-6,8,11,19H,7,9H2;1H3,(H,2,3,4). The number of aliphatic hydroxyl groups excluding tert-OH is 1. The summed E-state index contributed by atoms with van der Waals surface area (Å²) >= 11 is 15.5. The Morgan fingerprint density at radius 2 is 1.67 bits per heavy atom. The molecule has 1 atom stereocenters. The molecule has 2 N–H and O–H groups in total. The van der Waals surface area contributed by atoms with E-state index in [2.05, 4.69) is 15.9 Å². The Kier molecular flexibility index (Phi) is 8.70. The molecule has 0 spiro atoms. The van der Waals surface area contributed by atoms with Gasteiger partial charge in [0, 0.05) is 20.4 Å². The van der Waals surface area contributed by atoms with Crippen LogP contribution in [0.3, 0.4) is 0 Å². The van der Waals surface area contributed by atoms with Gasteiger partial charge in [-0.15, -0.1) is 0 Å². The van der Waals surface area contributed by atoms with Gasteiger partial charge in [-0.05, 0) is 41.8 Å². The molecule has 2 rings (SSSR count). The van der Waals surface area contributed by atoms with Crippen molar-refractivity contribution in [2.24, 2.45) is 0 Å². The number of rotatable bonds is 4. The summed E-state index contributed by atoms with van der Waals surface area (Å²) in [7, 11) is -3.67. The van der Waals surface area contributed by atoms with Crippen LogP contribution in [0.4, 0.5) is 0 Å². The zero-order chi connectivity index (χ0) is 18.3. The van der Waals surface area contributed by atoms with E-state index in [1.165, 1.54) is 0 Å². The monoisotopic (exact) mass is 454 g/mol. The molecule has 0 saturated heterocycles. The van der Waals surface area contributed by atoms with Crippen LogP contribution in [-0.4, -0.2) is 30.9 Å². The zero-order valence-corrected chi connectivity index (χ0v) is 16.7. The molecular weight excluding hydrogens is 439 g/mol. The third kappa shape index (κ3) is 8.46. The van der Waals surface area contributed by atoms with Crippen molar-refractivity contribution >= 4 is 49.2 Å². The lowest BCUT2D eigenvalue weighted by molar-refractivity contribution is 0.264. The fourth-order valence-corrected chi connectivity index (χ4v) is 2.84. The van der Waals surface area contributed by atoms with Gasteiger partial charge in [-0.25, -0.2) is 0 Å². The van der Waals surface area contributed by atoms with Gasteiger partial charge in [-0.1, -0.05) is 57.3 Å². The van der Waals surface area contributed by atoms with Crippen molar-refractivity contribution in [1.29, 1.82) is 0 Å². The zero-order valence-electron chi connectivity index (χ0n) is 12.8. The van der Waals surface area contributed by atoms with Crippen LogP contribution < -0.4 is 0 Å². The van der Waals surface area contributed by atoms with Crippen LogP contribution in [0.2, 0.25) is 10.0 Å². The van der Waals surface area contributed by atoms with Gasteiger partial charge in [0.05, 0.1) is 12.9 Å². The molecule has 0 heterocycles. The van der Waals surface area contributed by atoms with Crippen molar-refractivity contribution < 1.29 is 18.1 Å². The smallest absolute Gasteiger partial charge is 0.261 e. The van der Waals surface area contributed by atoms with Gasteiger partial charge in [-0.3, -0.25) is 4.55 Å². The molecule has 1 unspecified atom stereocenters. The summed E-state index contributed by atoms with van der Waals surface area (Å²) in [5.74, 6) is -0.0223. The Labute approximate surface area is 160 Å². The maximum absolute atomic E-state index is 9.59. The fourth-order valence-electron chi connectivity index (χ4n) is 2.01. The second kappa shape index (κ2) is 9.75. The maximum atomic E-state index is 9.59. The number of hydrogen-bond donors (Lipinski definition) is 2. The molecule has 8 heteroatoms. The molecule has 132 valence electrons. The van der Waals surface area contributed by atoms with Crippen molar-refractivity contribution in [2.75, 3.05) is 12.9 Å². The predicted molar refractivity (Wildman–Crippen MR) is 102 cm³/mol. The molecule has 0 aliphatic heterocycles. The Morgan fingerprint density at radius 1 is 1.12 bits per heavy atom. The van der Waals surface area contributed by atoms with E-state index in [0.29, 0.717) is 16.3 Å². The first-order valence-electron chi connectivity index (χ1n) is 6.83. The topological polar surface area (TPSA) is 74.6 Å². The summed E-state index contributed by atoms with van der Waals surface area (Å²) in [5.41, 5.74) is 2.09. The normalized spacial score (nSPS) is 12.2. The summed E-state index contributed by atoms with van der Waals surface area (Å²) in [5, 5.41) is 10.8. The minimum atomic E-state index is -3.67. The summed E-state index contributed by atoms with van der Waals surface area (Å²) in [6, 6.07) is 13.5. The van der Waals surface area contributed by atoms with Gasteiger partial charge in [0.1, 0.15) is 0 Å². The van der Waals surface area contributed by atoms with Gasteiger partial charge >= 0.3 is 0 Å². The van der Waals surface area contributed by atoms with Crippen LogP contribution in [0.1, 0.15) is 17.0 Å². The molecule has 0 aliphatic rings. The van der Waals surface area contributed by atoms with E-state index >= 15 is 0 Å². The SMILES string of the molecule is CS(=O)(=O)O.OCC(Cc1ccc(Br)cc1)c1ccc(Cl)cc1Cl. The second-order valence-electron chi connectivity index (χ2n) is 5.11. The number of hydrogen-bond acceptors (Lipinski definition) is 3. The van der Waals surface area contributed by atoms with Crippen molar-refractivity contribution in [3.05, 3.63) is 68.1 Å². The van der Waals surface area contributed by atoms with E-state index in [-0.39, 0.29) is 12.5 Å². The quantitative estimate of drug-likeness (QED) is 0.661. The van der Waals surface area contributed by atoms with Crippen molar-refractivity contribution in [3.63, 3.8) is 0 Å². The summed E-state index contributed by atoms with van der Waals surface area (Å²) in [6.45, 7) is 0.0530. The second-order valence-corrected chi connectivity index (χ2v) is 8.33. The van der Waals surface area contributed by atoms with E-state index in [4.69, 9.17) is 27.8 Å². The molecule has 0 saturated carbocycles. The molecule has 0 fully saturated rings. The molecule has 0 bridgehead atoms. The van der Waals surface area contributed by atoms with E-state index < -0.39 is 10.1 Å². The lowest BCUT2D eigenvalue weighted by Crippen LogP contribution is -2.08. The van der Waals surface area contributed by atoms with Crippen LogP contribution in [0.5, 0.6) is 0 Å². The van der Waals surface area contributed by atoms with Crippen molar-refractivity contribution in [2.45, 2.75) is 12.3 Å². The summed E-state index contributed by atoms with van der Waals surface area (Å²) < 4.78 is 26.9. The lowest BCUT2D eigenvalue weighted by Gasteiger charge is -2.16. The highest BCUT2D eigenvalue weighted by molar-refractivity contribution is 9.10. The Bertz CT molecular complexity index is 756. The van der Waals surface area contributed by atoms with E-state index in [1.807, 2.05) is 30.3 Å². The highest BCUT2D eigenvalue weighted by Gasteiger charge is 2.15. The predicted octanol–water partition coefficient (Wildman–Crippen LogP) is 4.58. The third-order valence-electron chi connectivity index (χ3n) is 3.02. The minimum Gasteiger partial charge on any atom is -0.396 e. The molecule has 2 aromatic carbocycles. The number of aliphatic hydroxyl groups is 1. The van der Waals surface area contributed by atoms with Crippen LogP contribution in [-0.2, 0) is 16.5 Å². The van der Waals surface area contributed by atoms with E-state index in [1.54, 1.807) is 12.1 Å². The van der Waals surface area contributed by atoms with Gasteiger partial charge in [0.2, 0.25) is 0 Å². The average Bonchev–Trinajstić information content (AvgIpc) is 2.46. The van der Waals surface area contributed by atoms with Crippen molar-refractivity contribution in [3.8, 4) is 0 Å². The Balaban J connectivity index is 0.000000505. The van der Waals surface area contributed by atoms with Crippen LogP contribution in [0.25, 0.3) is 0 Å². The molecule has 0 amide bonds.